The Morgan fingerprint density at radius 1 is 0.972 bits per heavy atom. The maximum Gasteiger partial charge on any atom is 0.417 e. The number of alkyl halides is 3. The fraction of sp³-hybridized carbons (Fsp3) is 0.710. The zero-order valence-corrected chi connectivity index (χ0v) is 21.9. The number of carbonyl (C=O) groups excluding carboxylic acids is 1. The molecule has 0 unspecified atom stereocenters. The van der Waals surface area contributed by atoms with Gasteiger partial charge in [-0.05, 0) is 110 Å². The minimum atomic E-state index is -4.55. The summed E-state index contributed by atoms with van der Waals surface area (Å²) in [5.74, 6) is 1.94. The van der Waals surface area contributed by atoms with Gasteiger partial charge >= 0.3 is 6.18 Å². The summed E-state index contributed by atoms with van der Waals surface area (Å²) in [5.41, 5.74) is -1.50. The van der Waals surface area contributed by atoms with E-state index in [0.29, 0.717) is 30.1 Å². The summed E-state index contributed by atoms with van der Waals surface area (Å²) < 4.78 is 40.9. The highest BCUT2D eigenvalue weighted by Gasteiger charge is 2.65. The molecule has 1 aromatic carbocycles. The molecule has 0 amide bonds. The van der Waals surface area contributed by atoms with Gasteiger partial charge in [-0.2, -0.15) is 13.2 Å². The van der Waals surface area contributed by atoms with Crippen molar-refractivity contribution in [1.82, 2.24) is 0 Å². The van der Waals surface area contributed by atoms with Crippen LogP contribution in [0.4, 0.5) is 13.2 Å². The van der Waals surface area contributed by atoms with Crippen molar-refractivity contribution >= 4 is 11.9 Å². The smallest absolute Gasteiger partial charge is 0.380 e. The monoisotopic (exact) mass is 502 g/mol. The SMILES string of the molecule is C[C@H](C(=O)/C=C/c1ccccc1)[C@H]1CC[C@H]2[C@@H]3CC[C@H]4C[C@](O)(C(F)(F)F)CC[C@]4(C)[C@H]3CC[C@]12C. The van der Waals surface area contributed by atoms with Crippen LogP contribution in [-0.2, 0) is 4.79 Å². The van der Waals surface area contributed by atoms with Gasteiger partial charge in [-0.25, -0.2) is 0 Å². The van der Waals surface area contributed by atoms with E-state index in [9.17, 15) is 23.1 Å². The summed E-state index contributed by atoms with van der Waals surface area (Å²) in [6.45, 7) is 6.72. The molecule has 0 aliphatic heterocycles. The summed E-state index contributed by atoms with van der Waals surface area (Å²) in [5, 5.41) is 10.5. The van der Waals surface area contributed by atoms with Gasteiger partial charge in [0.15, 0.2) is 11.4 Å². The quantitative estimate of drug-likeness (QED) is 0.426. The maximum absolute atomic E-state index is 13.6. The van der Waals surface area contributed by atoms with Crippen molar-refractivity contribution in [1.29, 1.82) is 0 Å². The van der Waals surface area contributed by atoms with Crippen LogP contribution >= 0.6 is 0 Å². The number of fused-ring (bicyclic) bond motifs is 5. The molecule has 36 heavy (non-hydrogen) atoms. The standard InChI is InChI=1S/C31H41F3O2/c1-20(27(35)14-9-21-7-5-4-6-8-21)24-12-13-25-23-11-10-22-19-30(36,31(32,33)34)18-17-28(22,2)26(23)15-16-29(24,25)3/h4-9,14,20,22-26,36H,10-13,15-19H2,1-3H3/b14-9+/t20-,22-,23-,24+,25-,26-,28-,29+,30-/m0/s1. The number of allylic oxidation sites excluding steroid dienone is 1. The Balaban J connectivity index is 1.31. The molecule has 5 heteroatoms. The largest absolute Gasteiger partial charge is 0.417 e. The third-order valence-corrected chi connectivity index (χ3v) is 11.6. The molecule has 0 radical (unpaired) electrons. The molecule has 9 atom stereocenters. The van der Waals surface area contributed by atoms with Crippen molar-refractivity contribution in [3.05, 3.63) is 42.0 Å². The van der Waals surface area contributed by atoms with Gasteiger partial charge in [0.2, 0.25) is 0 Å². The van der Waals surface area contributed by atoms with Crippen LogP contribution < -0.4 is 0 Å². The maximum atomic E-state index is 13.6. The summed E-state index contributed by atoms with van der Waals surface area (Å²) in [4.78, 5) is 13.2. The molecule has 5 rings (SSSR count). The lowest BCUT2D eigenvalue weighted by Gasteiger charge is -2.62. The Bertz CT molecular complexity index is 1000. The Morgan fingerprint density at radius 2 is 1.67 bits per heavy atom. The molecule has 0 spiro atoms. The van der Waals surface area contributed by atoms with Crippen LogP contribution in [0.5, 0.6) is 0 Å². The number of carbonyl (C=O) groups is 1. The highest BCUT2D eigenvalue weighted by molar-refractivity contribution is 5.95. The third-order valence-electron chi connectivity index (χ3n) is 11.6. The molecule has 4 fully saturated rings. The molecule has 4 aliphatic carbocycles. The van der Waals surface area contributed by atoms with E-state index in [0.717, 1.165) is 44.1 Å². The van der Waals surface area contributed by atoms with Crippen molar-refractivity contribution < 1.29 is 23.1 Å². The van der Waals surface area contributed by atoms with E-state index in [1.165, 1.54) is 0 Å². The van der Waals surface area contributed by atoms with Gasteiger partial charge in [0.05, 0.1) is 0 Å². The number of hydrogen-bond acceptors (Lipinski definition) is 2. The predicted molar refractivity (Wildman–Crippen MR) is 136 cm³/mol. The molecular weight excluding hydrogens is 461 g/mol. The first-order valence-corrected chi connectivity index (χ1v) is 14.0. The number of benzene rings is 1. The number of halogens is 3. The fourth-order valence-electron chi connectivity index (χ4n) is 9.46. The molecule has 4 saturated carbocycles. The normalized spacial score (nSPS) is 43.5. The van der Waals surface area contributed by atoms with Gasteiger partial charge in [0.1, 0.15) is 0 Å². The van der Waals surface area contributed by atoms with Crippen molar-refractivity contribution in [2.24, 2.45) is 46.3 Å². The average Bonchev–Trinajstić information content (AvgIpc) is 3.19. The van der Waals surface area contributed by atoms with Crippen LogP contribution in [-0.4, -0.2) is 22.7 Å². The summed E-state index contributed by atoms with van der Waals surface area (Å²) in [6.07, 6.45) is 5.27. The first kappa shape index (κ1) is 26.0. The van der Waals surface area contributed by atoms with Gasteiger partial charge in [-0.1, -0.05) is 57.2 Å². The topological polar surface area (TPSA) is 37.3 Å². The van der Waals surface area contributed by atoms with Gasteiger partial charge < -0.3 is 5.11 Å². The highest BCUT2D eigenvalue weighted by Crippen LogP contribution is 2.69. The second kappa shape index (κ2) is 8.99. The summed E-state index contributed by atoms with van der Waals surface area (Å²) in [7, 11) is 0. The van der Waals surface area contributed by atoms with Crippen LogP contribution in [0, 0.1) is 46.3 Å². The predicted octanol–water partition coefficient (Wildman–Crippen LogP) is 7.86. The van der Waals surface area contributed by atoms with E-state index >= 15 is 0 Å². The first-order valence-electron chi connectivity index (χ1n) is 14.0. The number of rotatable bonds is 4. The van der Waals surface area contributed by atoms with E-state index in [1.54, 1.807) is 6.08 Å². The van der Waals surface area contributed by atoms with Gasteiger partial charge in [-0.3, -0.25) is 4.79 Å². The zero-order valence-electron chi connectivity index (χ0n) is 21.9. The zero-order chi connectivity index (χ0) is 25.9. The minimum absolute atomic E-state index is 0.0279. The Morgan fingerprint density at radius 3 is 2.36 bits per heavy atom. The van der Waals surface area contributed by atoms with Crippen LogP contribution in [0.2, 0.25) is 0 Å². The molecule has 0 heterocycles. The summed E-state index contributed by atoms with van der Waals surface area (Å²) in [6, 6.07) is 9.91. The second-order valence-electron chi connectivity index (χ2n) is 13.1. The minimum Gasteiger partial charge on any atom is -0.380 e. The van der Waals surface area contributed by atoms with E-state index in [4.69, 9.17) is 0 Å². The average molecular weight is 503 g/mol. The second-order valence-corrected chi connectivity index (χ2v) is 13.1. The van der Waals surface area contributed by atoms with Crippen LogP contribution in [0.15, 0.2) is 36.4 Å². The molecule has 0 aromatic heterocycles. The molecule has 0 saturated heterocycles. The number of hydrogen-bond donors (Lipinski definition) is 1. The van der Waals surface area contributed by atoms with Gasteiger partial charge in [0, 0.05) is 5.92 Å². The van der Waals surface area contributed by atoms with Crippen molar-refractivity contribution in [3.8, 4) is 0 Å². The fourth-order valence-corrected chi connectivity index (χ4v) is 9.46. The van der Waals surface area contributed by atoms with Gasteiger partial charge in [0.25, 0.3) is 0 Å². The van der Waals surface area contributed by atoms with Crippen LogP contribution in [0.1, 0.15) is 84.1 Å². The van der Waals surface area contributed by atoms with E-state index in [1.807, 2.05) is 36.4 Å². The third kappa shape index (κ3) is 4.08. The first-order chi connectivity index (χ1) is 16.9. The molecule has 4 aliphatic rings. The Labute approximate surface area is 213 Å². The molecule has 198 valence electrons. The Kier molecular flexibility index (Phi) is 6.50. The molecule has 0 bridgehead atoms. The molecular formula is C31H41F3O2. The number of aliphatic hydroxyl groups is 1. The number of ketones is 1. The lowest BCUT2D eigenvalue weighted by atomic mass is 9.43. The van der Waals surface area contributed by atoms with Crippen molar-refractivity contribution in [2.75, 3.05) is 0 Å². The van der Waals surface area contributed by atoms with Crippen LogP contribution in [0.25, 0.3) is 6.08 Å². The Hall–Kier alpha value is -1.62. The molecule has 2 nitrogen and oxygen atoms in total. The van der Waals surface area contributed by atoms with E-state index in [-0.39, 0.29) is 41.3 Å². The van der Waals surface area contributed by atoms with Gasteiger partial charge in [-0.15, -0.1) is 0 Å². The lowest BCUT2D eigenvalue weighted by Crippen LogP contribution is -2.59. The van der Waals surface area contributed by atoms with Crippen molar-refractivity contribution in [2.45, 2.75) is 90.3 Å². The van der Waals surface area contributed by atoms with E-state index < -0.39 is 11.8 Å². The van der Waals surface area contributed by atoms with E-state index in [2.05, 4.69) is 20.8 Å². The van der Waals surface area contributed by atoms with Crippen molar-refractivity contribution in [3.63, 3.8) is 0 Å². The summed E-state index contributed by atoms with van der Waals surface area (Å²) >= 11 is 0. The molecule has 1 N–H and O–H groups in total. The van der Waals surface area contributed by atoms with Crippen LogP contribution in [0.3, 0.4) is 0 Å². The lowest BCUT2D eigenvalue weighted by molar-refractivity contribution is -0.290. The molecule has 1 aromatic rings. The highest BCUT2D eigenvalue weighted by atomic mass is 19.4.